The summed E-state index contributed by atoms with van der Waals surface area (Å²) in [4.78, 5) is 0. The van der Waals surface area contributed by atoms with Gasteiger partial charge in [0.15, 0.2) is 0 Å². The molecular formula is C17H20FNO3. The number of hydrogen-bond donors (Lipinski definition) is 2. The molecular weight excluding hydrogens is 285 g/mol. The molecule has 0 aliphatic carbocycles. The van der Waals surface area contributed by atoms with Gasteiger partial charge in [-0.1, -0.05) is 18.2 Å². The van der Waals surface area contributed by atoms with Gasteiger partial charge < -0.3 is 19.9 Å². The van der Waals surface area contributed by atoms with E-state index in [-0.39, 0.29) is 12.4 Å². The van der Waals surface area contributed by atoms with E-state index in [4.69, 9.17) is 9.47 Å². The van der Waals surface area contributed by atoms with E-state index >= 15 is 0 Å². The van der Waals surface area contributed by atoms with Crippen molar-refractivity contribution in [3.63, 3.8) is 0 Å². The summed E-state index contributed by atoms with van der Waals surface area (Å²) in [7, 11) is 0. The molecule has 2 aromatic carbocycles. The molecule has 4 nitrogen and oxygen atoms in total. The van der Waals surface area contributed by atoms with Crippen LogP contribution in [0, 0.1) is 5.82 Å². The maximum absolute atomic E-state index is 12.7. The molecule has 0 bridgehead atoms. The Bertz CT molecular complexity index is 533. The highest BCUT2D eigenvalue weighted by Gasteiger charge is 2.04. The molecule has 0 amide bonds. The van der Waals surface area contributed by atoms with Crippen LogP contribution in [0.1, 0.15) is 0 Å². The molecule has 0 spiro atoms. The summed E-state index contributed by atoms with van der Waals surface area (Å²) in [5.41, 5.74) is 0. The highest BCUT2D eigenvalue weighted by Crippen LogP contribution is 2.10. The zero-order chi connectivity index (χ0) is 15.6. The summed E-state index contributed by atoms with van der Waals surface area (Å²) in [6, 6.07) is 15.2. The number of benzene rings is 2. The molecule has 0 aliphatic heterocycles. The predicted molar refractivity (Wildman–Crippen MR) is 82.7 cm³/mol. The maximum atomic E-state index is 12.7. The van der Waals surface area contributed by atoms with Crippen LogP contribution in [0.25, 0.3) is 0 Å². The van der Waals surface area contributed by atoms with E-state index in [1.807, 2.05) is 30.3 Å². The van der Waals surface area contributed by atoms with Crippen molar-refractivity contribution in [1.82, 2.24) is 5.32 Å². The Balaban J connectivity index is 1.53. The fourth-order valence-corrected chi connectivity index (χ4v) is 1.81. The minimum absolute atomic E-state index is 0.232. The average Bonchev–Trinajstić information content (AvgIpc) is 2.55. The van der Waals surface area contributed by atoms with Gasteiger partial charge in [-0.25, -0.2) is 4.39 Å². The van der Waals surface area contributed by atoms with E-state index in [1.165, 1.54) is 12.1 Å². The first kappa shape index (κ1) is 16.3. The lowest BCUT2D eigenvalue weighted by molar-refractivity contribution is 0.105. The van der Waals surface area contributed by atoms with E-state index in [0.29, 0.717) is 25.4 Å². The molecule has 5 heteroatoms. The van der Waals surface area contributed by atoms with Crippen molar-refractivity contribution < 1.29 is 19.0 Å². The molecule has 0 heterocycles. The number of nitrogens with one attached hydrogen (secondary N) is 1. The summed E-state index contributed by atoms with van der Waals surface area (Å²) >= 11 is 0. The topological polar surface area (TPSA) is 50.7 Å². The average molecular weight is 305 g/mol. The van der Waals surface area contributed by atoms with Crippen LogP contribution >= 0.6 is 0 Å². The van der Waals surface area contributed by atoms with Gasteiger partial charge in [0, 0.05) is 13.1 Å². The van der Waals surface area contributed by atoms with Gasteiger partial charge in [-0.05, 0) is 36.4 Å². The second kappa shape index (κ2) is 9.02. The fourth-order valence-electron chi connectivity index (χ4n) is 1.81. The van der Waals surface area contributed by atoms with Gasteiger partial charge in [-0.15, -0.1) is 0 Å². The van der Waals surface area contributed by atoms with Gasteiger partial charge in [-0.2, -0.15) is 0 Å². The molecule has 0 radical (unpaired) electrons. The van der Waals surface area contributed by atoms with E-state index < -0.39 is 6.10 Å². The third-order valence-corrected chi connectivity index (χ3v) is 2.93. The second-order valence-electron chi connectivity index (χ2n) is 4.78. The van der Waals surface area contributed by atoms with E-state index in [1.54, 1.807) is 12.1 Å². The Labute approximate surface area is 129 Å². The smallest absolute Gasteiger partial charge is 0.123 e. The van der Waals surface area contributed by atoms with E-state index in [9.17, 15) is 9.50 Å². The van der Waals surface area contributed by atoms with Crippen molar-refractivity contribution in [2.24, 2.45) is 0 Å². The zero-order valence-corrected chi connectivity index (χ0v) is 12.2. The Kier molecular flexibility index (Phi) is 6.67. The lowest BCUT2D eigenvalue weighted by Crippen LogP contribution is -2.33. The van der Waals surface area contributed by atoms with Gasteiger partial charge in [0.05, 0.1) is 0 Å². The molecule has 0 aliphatic rings. The number of hydrogen-bond acceptors (Lipinski definition) is 4. The standard InChI is InChI=1S/C17H20FNO3/c18-14-6-8-17(9-7-14)21-11-10-19-12-15(20)13-22-16-4-2-1-3-5-16/h1-9,15,19-20H,10-13H2. The normalized spacial score (nSPS) is 11.9. The molecule has 2 rings (SSSR count). The molecule has 1 unspecified atom stereocenters. The first-order chi connectivity index (χ1) is 10.7. The van der Waals surface area contributed by atoms with E-state index in [2.05, 4.69) is 5.32 Å². The van der Waals surface area contributed by atoms with Crippen LogP contribution in [0.2, 0.25) is 0 Å². The maximum Gasteiger partial charge on any atom is 0.123 e. The third kappa shape index (κ3) is 6.11. The number of rotatable bonds is 9. The van der Waals surface area contributed by atoms with E-state index in [0.717, 1.165) is 5.75 Å². The largest absolute Gasteiger partial charge is 0.492 e. The van der Waals surface area contributed by atoms with Crippen molar-refractivity contribution in [2.75, 3.05) is 26.3 Å². The minimum Gasteiger partial charge on any atom is -0.492 e. The molecule has 2 N–H and O–H groups in total. The van der Waals surface area contributed by atoms with Crippen LogP contribution in [0.4, 0.5) is 4.39 Å². The van der Waals surface area contributed by atoms with Gasteiger partial charge in [-0.3, -0.25) is 0 Å². The van der Waals surface area contributed by atoms with Crippen molar-refractivity contribution in [1.29, 1.82) is 0 Å². The molecule has 0 saturated carbocycles. The lowest BCUT2D eigenvalue weighted by Gasteiger charge is -2.13. The van der Waals surface area contributed by atoms with Crippen molar-refractivity contribution in [2.45, 2.75) is 6.10 Å². The van der Waals surface area contributed by atoms with Crippen LogP contribution in [0.15, 0.2) is 54.6 Å². The summed E-state index contributed by atoms with van der Waals surface area (Å²) in [5.74, 6) is 1.07. The third-order valence-electron chi connectivity index (χ3n) is 2.93. The summed E-state index contributed by atoms with van der Waals surface area (Å²) < 4.78 is 23.6. The Morgan fingerprint density at radius 3 is 2.36 bits per heavy atom. The fraction of sp³-hybridized carbons (Fsp3) is 0.294. The second-order valence-corrected chi connectivity index (χ2v) is 4.78. The first-order valence-electron chi connectivity index (χ1n) is 7.19. The van der Waals surface area contributed by atoms with Gasteiger partial charge in [0.2, 0.25) is 0 Å². The lowest BCUT2D eigenvalue weighted by atomic mass is 10.3. The van der Waals surface area contributed by atoms with Crippen LogP contribution in [0.5, 0.6) is 11.5 Å². The number of aliphatic hydroxyl groups is 1. The van der Waals surface area contributed by atoms with Crippen molar-refractivity contribution in [3.05, 3.63) is 60.4 Å². The SMILES string of the molecule is OC(CNCCOc1ccc(F)cc1)COc1ccccc1. The quantitative estimate of drug-likeness (QED) is 0.698. The molecule has 0 saturated heterocycles. The molecule has 1 atom stereocenters. The van der Waals surface area contributed by atoms with Gasteiger partial charge in [0.1, 0.15) is 36.6 Å². The summed E-state index contributed by atoms with van der Waals surface area (Å²) in [5, 5.41) is 12.9. The summed E-state index contributed by atoms with van der Waals surface area (Å²) in [6.45, 7) is 1.67. The number of halogens is 1. The Hall–Kier alpha value is -2.11. The molecule has 118 valence electrons. The number of ether oxygens (including phenoxy) is 2. The molecule has 0 fully saturated rings. The zero-order valence-electron chi connectivity index (χ0n) is 12.2. The highest BCUT2D eigenvalue weighted by atomic mass is 19.1. The minimum atomic E-state index is -0.592. The van der Waals surface area contributed by atoms with Crippen LogP contribution < -0.4 is 14.8 Å². The summed E-state index contributed by atoms with van der Waals surface area (Å²) in [6.07, 6.45) is -0.592. The number of para-hydroxylation sites is 1. The predicted octanol–water partition coefficient (Wildman–Crippen LogP) is 2.23. The van der Waals surface area contributed by atoms with Crippen molar-refractivity contribution in [3.8, 4) is 11.5 Å². The molecule has 22 heavy (non-hydrogen) atoms. The molecule has 0 aromatic heterocycles. The highest BCUT2D eigenvalue weighted by molar-refractivity contribution is 5.22. The van der Waals surface area contributed by atoms with Gasteiger partial charge in [0.25, 0.3) is 0 Å². The van der Waals surface area contributed by atoms with Crippen LogP contribution in [-0.4, -0.2) is 37.5 Å². The van der Waals surface area contributed by atoms with Crippen molar-refractivity contribution >= 4 is 0 Å². The Morgan fingerprint density at radius 2 is 1.64 bits per heavy atom. The monoisotopic (exact) mass is 305 g/mol. The molecule has 2 aromatic rings. The van der Waals surface area contributed by atoms with Crippen LogP contribution in [-0.2, 0) is 0 Å². The Morgan fingerprint density at radius 1 is 0.955 bits per heavy atom. The van der Waals surface area contributed by atoms with Gasteiger partial charge >= 0.3 is 0 Å². The number of aliphatic hydroxyl groups excluding tert-OH is 1. The van der Waals surface area contributed by atoms with Crippen LogP contribution in [0.3, 0.4) is 0 Å². The first-order valence-corrected chi connectivity index (χ1v) is 7.19.